The second kappa shape index (κ2) is 10.8. The van der Waals surface area contributed by atoms with Crippen molar-refractivity contribution >= 4 is 23.4 Å². The van der Waals surface area contributed by atoms with Crippen molar-refractivity contribution in [3.8, 4) is 17.1 Å². The molecule has 4 rings (SSSR count). The largest absolute Gasteiger partial charge is 0.496 e. The fraction of sp³-hybridized carbons (Fsp3) is 0.400. The Bertz CT molecular complexity index is 1260. The molecule has 0 aliphatic carbocycles. The number of rotatable bonds is 7. The number of aryl methyl sites for hydroxylation is 1. The molecule has 1 aromatic carbocycles. The number of amides is 3. The van der Waals surface area contributed by atoms with Crippen LogP contribution >= 0.6 is 0 Å². The summed E-state index contributed by atoms with van der Waals surface area (Å²) >= 11 is 0. The van der Waals surface area contributed by atoms with Gasteiger partial charge in [0.15, 0.2) is 17.8 Å². The molecule has 12 nitrogen and oxygen atoms in total. The van der Waals surface area contributed by atoms with Crippen LogP contribution in [0.1, 0.15) is 30.1 Å². The van der Waals surface area contributed by atoms with E-state index in [0.717, 1.165) is 0 Å². The van der Waals surface area contributed by atoms with Gasteiger partial charge in [-0.15, -0.1) is 0 Å². The highest BCUT2D eigenvalue weighted by Crippen LogP contribution is 2.32. The van der Waals surface area contributed by atoms with Crippen molar-refractivity contribution < 1.29 is 28.1 Å². The van der Waals surface area contributed by atoms with Gasteiger partial charge >= 0.3 is 11.8 Å². The molecule has 2 N–H and O–H groups in total. The van der Waals surface area contributed by atoms with Crippen LogP contribution in [0.15, 0.2) is 45.8 Å². The molecule has 1 aliphatic heterocycles. The first-order valence-corrected chi connectivity index (χ1v) is 11.8. The van der Waals surface area contributed by atoms with Gasteiger partial charge in [0.1, 0.15) is 11.5 Å². The quantitative estimate of drug-likeness (QED) is 0.456. The number of benzene rings is 1. The maximum atomic E-state index is 12.6. The highest BCUT2D eigenvalue weighted by atomic mass is 16.5. The third-order valence-electron chi connectivity index (χ3n) is 5.94. The summed E-state index contributed by atoms with van der Waals surface area (Å²) in [6.45, 7) is 8.27. The Kier molecular flexibility index (Phi) is 7.58. The average Bonchev–Trinajstić information content (AvgIpc) is 3.55. The van der Waals surface area contributed by atoms with Gasteiger partial charge in [-0.1, -0.05) is 5.16 Å². The lowest BCUT2D eigenvalue weighted by atomic mass is 10.0. The van der Waals surface area contributed by atoms with Gasteiger partial charge in [0.05, 0.1) is 18.9 Å². The molecule has 1 fully saturated rings. The number of nitrogens with zero attached hydrogens (tertiary/aromatic N) is 4. The zero-order valence-electron chi connectivity index (χ0n) is 21.2. The van der Waals surface area contributed by atoms with Gasteiger partial charge < -0.3 is 29.2 Å². The first-order chi connectivity index (χ1) is 17.6. The van der Waals surface area contributed by atoms with E-state index >= 15 is 0 Å². The molecule has 0 radical (unpaired) electrons. The minimum absolute atomic E-state index is 0.161. The van der Waals surface area contributed by atoms with E-state index in [9.17, 15) is 14.4 Å². The van der Waals surface area contributed by atoms with Crippen molar-refractivity contribution in [1.29, 1.82) is 0 Å². The van der Waals surface area contributed by atoms with E-state index < -0.39 is 17.4 Å². The zero-order chi connectivity index (χ0) is 26.6. The average molecular weight is 511 g/mol. The van der Waals surface area contributed by atoms with Crippen LogP contribution in [0.4, 0.5) is 5.69 Å². The Hall–Kier alpha value is -4.19. The molecule has 0 spiro atoms. The molecule has 0 unspecified atom stereocenters. The van der Waals surface area contributed by atoms with Crippen LogP contribution in [0.2, 0.25) is 0 Å². The second-order valence-electron chi connectivity index (χ2n) is 9.46. The molecule has 3 aromatic rings. The maximum Gasteiger partial charge on any atom is 0.313 e. The summed E-state index contributed by atoms with van der Waals surface area (Å²) in [7, 11) is 1.50. The van der Waals surface area contributed by atoms with Crippen LogP contribution in [0.3, 0.4) is 0 Å². The Morgan fingerprint density at radius 1 is 1.11 bits per heavy atom. The Labute approximate surface area is 213 Å². The maximum absolute atomic E-state index is 12.6. The van der Waals surface area contributed by atoms with Crippen LogP contribution in [0.5, 0.6) is 5.75 Å². The molecule has 1 aliphatic rings. The van der Waals surface area contributed by atoms with Crippen LogP contribution < -0.4 is 15.4 Å². The SMILES string of the molecule is COc1cc(NC(=O)C(=O)NC(C)(C)CN2CCN(C(=O)c3cc(C)on3)CC2)ccc1-c1cnco1. The molecule has 0 atom stereocenters. The van der Waals surface area contributed by atoms with Crippen molar-refractivity contribution in [2.24, 2.45) is 0 Å². The number of hydrogen-bond donors (Lipinski definition) is 2. The van der Waals surface area contributed by atoms with E-state index in [4.69, 9.17) is 13.7 Å². The summed E-state index contributed by atoms with van der Waals surface area (Å²) in [5.74, 6) is -0.129. The lowest BCUT2D eigenvalue weighted by molar-refractivity contribution is -0.137. The van der Waals surface area contributed by atoms with Gasteiger partial charge in [-0.25, -0.2) is 4.98 Å². The highest BCUT2D eigenvalue weighted by molar-refractivity contribution is 6.39. The topological polar surface area (TPSA) is 143 Å². The number of oxazole rings is 1. The predicted octanol–water partition coefficient (Wildman–Crippen LogP) is 1.94. The van der Waals surface area contributed by atoms with Gasteiger partial charge in [0.2, 0.25) is 0 Å². The molecule has 37 heavy (non-hydrogen) atoms. The molecule has 3 heterocycles. The summed E-state index contributed by atoms with van der Waals surface area (Å²) in [6.07, 6.45) is 2.87. The van der Waals surface area contributed by atoms with E-state index in [-0.39, 0.29) is 5.91 Å². The van der Waals surface area contributed by atoms with Crippen LogP contribution in [-0.4, -0.2) is 83.0 Å². The monoisotopic (exact) mass is 510 g/mol. The number of nitrogens with one attached hydrogen (secondary N) is 2. The second-order valence-corrected chi connectivity index (χ2v) is 9.46. The minimum Gasteiger partial charge on any atom is -0.496 e. The van der Waals surface area contributed by atoms with Gasteiger partial charge in [-0.3, -0.25) is 19.3 Å². The zero-order valence-corrected chi connectivity index (χ0v) is 21.2. The molecule has 196 valence electrons. The molecule has 0 saturated carbocycles. The highest BCUT2D eigenvalue weighted by Gasteiger charge is 2.30. The van der Waals surface area contributed by atoms with E-state index in [1.165, 1.54) is 13.5 Å². The number of ether oxygens (including phenoxy) is 1. The lowest BCUT2D eigenvalue weighted by Gasteiger charge is -2.38. The Morgan fingerprint density at radius 3 is 2.49 bits per heavy atom. The normalized spacial score (nSPS) is 14.3. The molecule has 2 aromatic heterocycles. The van der Waals surface area contributed by atoms with E-state index in [1.54, 1.807) is 42.3 Å². The number of anilines is 1. The Morgan fingerprint density at radius 2 is 1.86 bits per heavy atom. The minimum atomic E-state index is -0.791. The Balaban J connectivity index is 1.28. The molecule has 3 amide bonds. The van der Waals surface area contributed by atoms with Gasteiger partial charge in [-0.05, 0) is 32.9 Å². The third-order valence-corrected chi connectivity index (χ3v) is 5.94. The van der Waals surface area contributed by atoms with Crippen molar-refractivity contribution in [3.63, 3.8) is 0 Å². The predicted molar refractivity (Wildman–Crippen MR) is 133 cm³/mol. The number of piperazine rings is 1. The number of carbonyl (C=O) groups excluding carboxylic acids is 3. The van der Waals surface area contributed by atoms with Gasteiger partial charge in [0.25, 0.3) is 5.91 Å². The summed E-state index contributed by atoms with van der Waals surface area (Å²) in [5.41, 5.74) is 0.690. The van der Waals surface area contributed by atoms with Crippen molar-refractivity contribution in [3.05, 3.63) is 48.3 Å². The van der Waals surface area contributed by atoms with E-state index in [1.807, 2.05) is 13.8 Å². The summed E-state index contributed by atoms with van der Waals surface area (Å²) in [5, 5.41) is 9.20. The molecule has 1 saturated heterocycles. The molecular formula is C25H30N6O6. The standard InChI is InChI=1S/C25H30N6O6/c1-16-11-19(29-37-16)24(34)31-9-7-30(8-10-31)14-25(2,3)28-23(33)22(32)27-17-5-6-18(20(12-17)35-4)21-13-26-15-36-21/h5-6,11-13,15H,7-10,14H2,1-4H3,(H,27,32)(H,28,33). The fourth-order valence-corrected chi connectivity index (χ4v) is 4.21. The van der Waals surface area contributed by atoms with Crippen molar-refractivity contribution in [2.75, 3.05) is 45.2 Å². The number of methoxy groups -OCH3 is 1. The number of aromatic nitrogens is 2. The summed E-state index contributed by atoms with van der Waals surface area (Å²) < 4.78 is 15.7. The lowest BCUT2D eigenvalue weighted by Crippen LogP contribution is -2.57. The number of carbonyl (C=O) groups is 3. The third kappa shape index (κ3) is 6.33. The van der Waals surface area contributed by atoms with Crippen LogP contribution in [-0.2, 0) is 9.59 Å². The molecule has 0 bridgehead atoms. The van der Waals surface area contributed by atoms with Gasteiger partial charge in [-0.2, -0.15) is 0 Å². The smallest absolute Gasteiger partial charge is 0.313 e. The fourth-order valence-electron chi connectivity index (χ4n) is 4.21. The number of hydrogen-bond acceptors (Lipinski definition) is 9. The summed E-state index contributed by atoms with van der Waals surface area (Å²) in [4.78, 5) is 45.6. The van der Waals surface area contributed by atoms with Crippen LogP contribution in [0, 0.1) is 6.92 Å². The first-order valence-electron chi connectivity index (χ1n) is 11.8. The van der Waals surface area contributed by atoms with Crippen LogP contribution in [0.25, 0.3) is 11.3 Å². The first kappa shape index (κ1) is 25.9. The van der Waals surface area contributed by atoms with Gasteiger partial charge in [0, 0.05) is 56.1 Å². The van der Waals surface area contributed by atoms with Crippen molar-refractivity contribution in [1.82, 2.24) is 25.3 Å². The molecular weight excluding hydrogens is 480 g/mol. The molecule has 12 heteroatoms. The van der Waals surface area contributed by atoms with Crippen molar-refractivity contribution in [2.45, 2.75) is 26.3 Å². The van der Waals surface area contributed by atoms with E-state index in [0.29, 0.717) is 66.9 Å². The van der Waals surface area contributed by atoms with E-state index in [2.05, 4.69) is 25.7 Å². The summed E-state index contributed by atoms with van der Waals surface area (Å²) in [6, 6.07) is 6.59.